The van der Waals surface area contributed by atoms with Crippen LogP contribution in [0.1, 0.15) is 21.5 Å². The van der Waals surface area contributed by atoms with Crippen LogP contribution in [0.15, 0.2) is 77.7 Å². The Morgan fingerprint density at radius 3 is 2.55 bits per heavy atom. The first-order valence-electron chi connectivity index (χ1n) is 10.6. The third-order valence-electron chi connectivity index (χ3n) is 5.66. The molecular weight excluding hydrogens is 460 g/mol. The van der Waals surface area contributed by atoms with Gasteiger partial charge in [0, 0.05) is 32.3 Å². The van der Waals surface area contributed by atoms with Crippen molar-refractivity contribution in [3.63, 3.8) is 0 Å². The van der Waals surface area contributed by atoms with Crippen molar-refractivity contribution >= 4 is 33.2 Å². The number of carbonyl (C=O) groups excluding carboxylic acids is 1. The molecule has 0 aliphatic carbocycles. The summed E-state index contributed by atoms with van der Waals surface area (Å²) in [6.45, 7) is 1.45. The second kappa shape index (κ2) is 9.95. The molecule has 0 unspecified atom stereocenters. The van der Waals surface area contributed by atoms with E-state index >= 15 is 0 Å². The van der Waals surface area contributed by atoms with Crippen LogP contribution in [0.25, 0.3) is 0 Å². The number of nitrogens with zero attached hydrogens (tertiary/aromatic N) is 2. The van der Waals surface area contributed by atoms with Gasteiger partial charge in [-0.25, -0.2) is 8.42 Å². The van der Waals surface area contributed by atoms with Crippen LogP contribution in [-0.4, -0.2) is 46.0 Å². The molecule has 0 spiro atoms. The molecule has 1 amide bonds. The molecule has 33 heavy (non-hydrogen) atoms. The third-order valence-corrected chi connectivity index (χ3v) is 7.95. The zero-order chi connectivity index (χ0) is 23.4. The van der Waals surface area contributed by atoms with Crippen LogP contribution in [-0.2, 0) is 27.7 Å². The van der Waals surface area contributed by atoms with Gasteiger partial charge in [-0.3, -0.25) is 9.10 Å². The lowest BCUT2D eigenvalue weighted by Crippen LogP contribution is -2.34. The lowest BCUT2D eigenvalue weighted by atomic mass is 10.1. The molecule has 0 fully saturated rings. The molecule has 172 valence electrons. The molecule has 0 radical (unpaired) electrons. The summed E-state index contributed by atoms with van der Waals surface area (Å²) in [4.78, 5) is 15.0. The molecule has 1 aliphatic heterocycles. The Morgan fingerprint density at radius 2 is 1.79 bits per heavy atom. The first-order chi connectivity index (χ1) is 15.9. The van der Waals surface area contributed by atoms with E-state index in [-0.39, 0.29) is 21.4 Å². The molecule has 0 N–H and O–H groups in total. The van der Waals surface area contributed by atoms with Crippen LogP contribution in [0, 0.1) is 0 Å². The summed E-state index contributed by atoms with van der Waals surface area (Å²) in [5, 5.41) is 0.0856. The molecular formula is C25H25ClN2O4S. The predicted molar refractivity (Wildman–Crippen MR) is 129 cm³/mol. The summed E-state index contributed by atoms with van der Waals surface area (Å²) < 4.78 is 33.6. The topological polar surface area (TPSA) is 66.9 Å². The maximum atomic E-state index is 13.5. The van der Waals surface area contributed by atoms with E-state index in [2.05, 4.69) is 0 Å². The summed E-state index contributed by atoms with van der Waals surface area (Å²) in [6.07, 6.45) is 0.632. The third kappa shape index (κ3) is 4.90. The Hall–Kier alpha value is -2.87. The van der Waals surface area contributed by atoms with Crippen LogP contribution < -0.4 is 4.31 Å². The summed E-state index contributed by atoms with van der Waals surface area (Å²) in [7, 11) is -2.36. The van der Waals surface area contributed by atoms with Gasteiger partial charge < -0.3 is 9.64 Å². The summed E-state index contributed by atoms with van der Waals surface area (Å²) in [5.41, 5.74) is 2.85. The number of anilines is 1. The minimum Gasteiger partial charge on any atom is -0.383 e. The van der Waals surface area contributed by atoms with E-state index in [1.165, 1.54) is 16.4 Å². The lowest BCUT2D eigenvalue weighted by molar-refractivity contribution is 0.0680. The molecule has 0 saturated carbocycles. The fourth-order valence-corrected chi connectivity index (χ4v) is 5.96. The molecule has 1 heterocycles. The van der Waals surface area contributed by atoms with Gasteiger partial charge in [-0.15, -0.1) is 0 Å². The Balaban J connectivity index is 1.66. The van der Waals surface area contributed by atoms with Gasteiger partial charge >= 0.3 is 0 Å². The van der Waals surface area contributed by atoms with E-state index < -0.39 is 10.0 Å². The molecule has 4 rings (SSSR count). The molecule has 6 nitrogen and oxygen atoms in total. The van der Waals surface area contributed by atoms with Gasteiger partial charge in [0.15, 0.2) is 0 Å². The number of ether oxygens (including phenoxy) is 1. The normalized spacial score (nSPS) is 13.1. The van der Waals surface area contributed by atoms with Crippen LogP contribution in [0.3, 0.4) is 0 Å². The number of halogens is 1. The minimum absolute atomic E-state index is 0.0712. The first-order valence-corrected chi connectivity index (χ1v) is 12.5. The van der Waals surface area contributed by atoms with E-state index in [1.807, 2.05) is 48.5 Å². The maximum absolute atomic E-state index is 13.5. The zero-order valence-corrected chi connectivity index (χ0v) is 19.8. The molecule has 1 aliphatic rings. The summed E-state index contributed by atoms with van der Waals surface area (Å²) >= 11 is 6.33. The molecule has 0 aromatic heterocycles. The van der Waals surface area contributed by atoms with Gasteiger partial charge in [0.1, 0.15) is 4.90 Å². The molecule has 8 heteroatoms. The van der Waals surface area contributed by atoms with Gasteiger partial charge in [0.25, 0.3) is 15.9 Å². The number of benzene rings is 3. The van der Waals surface area contributed by atoms with Crippen molar-refractivity contribution in [2.75, 3.05) is 31.1 Å². The van der Waals surface area contributed by atoms with Gasteiger partial charge in [-0.05, 0) is 41.8 Å². The lowest BCUT2D eigenvalue weighted by Gasteiger charge is -2.24. The van der Waals surface area contributed by atoms with Crippen molar-refractivity contribution in [2.45, 2.75) is 17.9 Å². The number of sulfonamides is 1. The second-order valence-electron chi connectivity index (χ2n) is 7.81. The highest BCUT2D eigenvalue weighted by Gasteiger charge is 2.33. The first kappa shape index (κ1) is 23.3. The van der Waals surface area contributed by atoms with Crippen molar-refractivity contribution in [3.05, 3.63) is 94.5 Å². The number of hydrogen-bond acceptors (Lipinski definition) is 4. The Labute approximate surface area is 199 Å². The average molecular weight is 485 g/mol. The Morgan fingerprint density at radius 1 is 1.06 bits per heavy atom. The van der Waals surface area contributed by atoms with E-state index in [0.717, 1.165) is 11.1 Å². The second-order valence-corrected chi connectivity index (χ2v) is 10.0. The van der Waals surface area contributed by atoms with Gasteiger partial charge in [0.2, 0.25) is 0 Å². The molecule has 0 bridgehead atoms. The van der Waals surface area contributed by atoms with Crippen molar-refractivity contribution < 1.29 is 17.9 Å². The molecule has 0 saturated heterocycles. The number of para-hydroxylation sites is 1. The van der Waals surface area contributed by atoms with Crippen molar-refractivity contribution in [3.8, 4) is 0 Å². The predicted octanol–water partition coefficient (Wildman–Crippen LogP) is 4.38. The monoisotopic (exact) mass is 484 g/mol. The van der Waals surface area contributed by atoms with Crippen molar-refractivity contribution in [1.29, 1.82) is 0 Å². The van der Waals surface area contributed by atoms with E-state index in [0.29, 0.717) is 38.3 Å². The molecule has 0 atom stereocenters. The smallest absolute Gasteiger partial charge is 0.265 e. The van der Waals surface area contributed by atoms with Crippen LogP contribution in [0.4, 0.5) is 5.69 Å². The quantitative estimate of drug-likeness (QED) is 0.476. The Bertz CT molecular complexity index is 1250. The van der Waals surface area contributed by atoms with E-state index in [9.17, 15) is 13.2 Å². The van der Waals surface area contributed by atoms with Crippen molar-refractivity contribution in [2.24, 2.45) is 0 Å². The highest BCUT2D eigenvalue weighted by atomic mass is 35.5. The standard InChI is InChI=1S/C25H25ClN2O4S/c1-32-16-15-27(18-19-7-3-2-4-8-19)25(29)21-11-12-22(26)24(17-21)33(30,31)28-14-13-20-9-5-6-10-23(20)28/h2-12,17H,13-16,18H2,1H3. The summed E-state index contributed by atoms with van der Waals surface area (Å²) in [6, 6.07) is 21.4. The van der Waals surface area contributed by atoms with Gasteiger partial charge in [-0.1, -0.05) is 60.1 Å². The number of hydrogen-bond donors (Lipinski definition) is 0. The van der Waals surface area contributed by atoms with Crippen molar-refractivity contribution in [1.82, 2.24) is 4.90 Å². The molecule has 3 aromatic carbocycles. The zero-order valence-electron chi connectivity index (χ0n) is 18.3. The van der Waals surface area contributed by atoms with Crippen LogP contribution in [0.5, 0.6) is 0 Å². The highest BCUT2D eigenvalue weighted by Crippen LogP contribution is 2.35. The fraction of sp³-hybridized carbons (Fsp3) is 0.240. The van der Waals surface area contributed by atoms with Gasteiger partial charge in [-0.2, -0.15) is 0 Å². The average Bonchev–Trinajstić information content (AvgIpc) is 3.27. The summed E-state index contributed by atoms with van der Waals surface area (Å²) in [5.74, 6) is -0.286. The largest absolute Gasteiger partial charge is 0.383 e. The van der Waals surface area contributed by atoms with Gasteiger partial charge in [0.05, 0.1) is 17.3 Å². The maximum Gasteiger partial charge on any atom is 0.265 e. The SMILES string of the molecule is COCCN(Cc1ccccc1)C(=O)c1ccc(Cl)c(S(=O)(=O)N2CCc3ccccc32)c1. The minimum atomic E-state index is -3.93. The fourth-order valence-electron chi connectivity index (χ4n) is 3.95. The number of carbonyl (C=O) groups is 1. The van der Waals surface area contributed by atoms with Crippen LogP contribution >= 0.6 is 11.6 Å². The van der Waals surface area contributed by atoms with Crippen LogP contribution in [0.2, 0.25) is 5.02 Å². The van der Waals surface area contributed by atoms with E-state index in [4.69, 9.17) is 16.3 Å². The Kier molecular flexibility index (Phi) is 7.02. The number of rotatable bonds is 8. The number of methoxy groups -OCH3 is 1. The number of amides is 1. The highest BCUT2D eigenvalue weighted by molar-refractivity contribution is 7.93. The van der Waals surface area contributed by atoms with E-state index in [1.54, 1.807) is 24.1 Å². The molecule has 3 aromatic rings. The number of fused-ring (bicyclic) bond motifs is 1.